The van der Waals surface area contributed by atoms with E-state index in [1.54, 1.807) is 24.3 Å². The Hall–Kier alpha value is -1.84. The molecule has 4 rings (SSSR count). The first-order valence-electron chi connectivity index (χ1n) is 12.9. The predicted molar refractivity (Wildman–Crippen MR) is 126 cm³/mol. The lowest BCUT2D eigenvalue weighted by atomic mass is 9.74. The molecule has 0 saturated heterocycles. The molecule has 4 heteroatoms. The molecule has 0 aromatic heterocycles. The molecule has 2 aliphatic carbocycles. The average molecular weight is 461 g/mol. The molecular weight excluding hydrogens is 424 g/mol. The van der Waals surface area contributed by atoms with E-state index in [4.69, 9.17) is 0 Å². The quantitative estimate of drug-likeness (QED) is 0.377. The van der Waals surface area contributed by atoms with Crippen LogP contribution < -0.4 is 0 Å². The topological polar surface area (TPSA) is 0 Å². The molecule has 0 heterocycles. The zero-order valence-corrected chi connectivity index (χ0v) is 19.9. The van der Waals surface area contributed by atoms with Gasteiger partial charge in [-0.1, -0.05) is 51.0 Å². The van der Waals surface area contributed by atoms with Gasteiger partial charge in [0.25, 0.3) is 0 Å². The maximum atomic E-state index is 15.1. The van der Waals surface area contributed by atoms with E-state index in [2.05, 4.69) is 6.92 Å². The van der Waals surface area contributed by atoms with Crippen molar-refractivity contribution in [1.29, 1.82) is 0 Å². The molecule has 0 radical (unpaired) electrons. The van der Waals surface area contributed by atoms with E-state index in [-0.39, 0.29) is 17.8 Å². The molecule has 2 saturated carbocycles. The lowest BCUT2D eigenvalue weighted by Crippen LogP contribution is -2.17. The van der Waals surface area contributed by atoms with Crippen molar-refractivity contribution in [3.63, 3.8) is 0 Å². The van der Waals surface area contributed by atoms with Gasteiger partial charge in [-0.25, -0.2) is 17.6 Å². The highest BCUT2D eigenvalue weighted by Crippen LogP contribution is 2.44. The molecule has 0 nitrogen and oxygen atoms in total. The first-order valence-corrected chi connectivity index (χ1v) is 12.9. The van der Waals surface area contributed by atoms with Crippen LogP contribution in [0.25, 0.3) is 0 Å². The van der Waals surface area contributed by atoms with Gasteiger partial charge in [0.1, 0.15) is 0 Å². The molecule has 0 unspecified atom stereocenters. The Bertz CT molecular complexity index is 951. The van der Waals surface area contributed by atoms with Crippen molar-refractivity contribution in [3.05, 3.63) is 69.8 Å². The monoisotopic (exact) mass is 460 g/mol. The fraction of sp³-hybridized carbons (Fsp3) is 0.586. The number of hydrogen-bond donors (Lipinski definition) is 0. The van der Waals surface area contributed by atoms with Gasteiger partial charge in [0.15, 0.2) is 23.3 Å². The first-order chi connectivity index (χ1) is 15.9. The highest BCUT2D eigenvalue weighted by Gasteiger charge is 2.31. The van der Waals surface area contributed by atoms with Gasteiger partial charge in [0.2, 0.25) is 0 Å². The Morgan fingerprint density at radius 2 is 0.970 bits per heavy atom. The molecule has 2 aliphatic rings. The molecule has 0 aliphatic heterocycles. The Kier molecular flexibility index (Phi) is 7.81. The molecule has 33 heavy (non-hydrogen) atoms. The Morgan fingerprint density at radius 1 is 0.576 bits per heavy atom. The van der Waals surface area contributed by atoms with E-state index in [0.29, 0.717) is 60.3 Å². The number of hydrogen-bond acceptors (Lipinski definition) is 0. The van der Waals surface area contributed by atoms with Crippen molar-refractivity contribution in [2.45, 2.75) is 102 Å². The highest BCUT2D eigenvalue weighted by molar-refractivity contribution is 5.33. The smallest absolute Gasteiger partial charge is 0.162 e. The van der Waals surface area contributed by atoms with Crippen LogP contribution in [-0.2, 0) is 6.42 Å². The minimum Gasteiger partial charge on any atom is -0.203 e. The third-order valence-electron chi connectivity index (χ3n) is 8.32. The summed E-state index contributed by atoms with van der Waals surface area (Å²) in [4.78, 5) is 0. The first kappa shape index (κ1) is 24.3. The number of rotatable bonds is 6. The van der Waals surface area contributed by atoms with Crippen LogP contribution in [0.15, 0.2) is 24.3 Å². The van der Waals surface area contributed by atoms with Gasteiger partial charge in [0, 0.05) is 0 Å². The van der Waals surface area contributed by atoms with Crippen LogP contribution in [0.2, 0.25) is 0 Å². The minimum absolute atomic E-state index is 0.0760. The van der Waals surface area contributed by atoms with E-state index in [9.17, 15) is 8.78 Å². The van der Waals surface area contributed by atoms with Gasteiger partial charge in [-0.2, -0.15) is 0 Å². The van der Waals surface area contributed by atoms with E-state index in [0.717, 1.165) is 38.5 Å². The number of aryl methyl sites for hydroxylation is 1. The van der Waals surface area contributed by atoms with Gasteiger partial charge in [0.05, 0.1) is 0 Å². The normalized spacial score (nSPS) is 25.9. The predicted octanol–water partition coefficient (Wildman–Crippen LogP) is 9.32. The third-order valence-corrected chi connectivity index (χ3v) is 8.32. The summed E-state index contributed by atoms with van der Waals surface area (Å²) in [5, 5.41) is 0. The largest absolute Gasteiger partial charge is 0.203 e. The standard InChI is InChI=1S/C29H36F4/c1-3-5-22-14-15-23(27(31)26(22)30)20-10-12-21(13-11-20)25-17-16-24(28(32)29(25)33)19-8-6-18(4-2)7-9-19/h14-21H,3-13H2,1-2H3. The van der Waals surface area contributed by atoms with Gasteiger partial charge >= 0.3 is 0 Å². The van der Waals surface area contributed by atoms with Crippen molar-refractivity contribution >= 4 is 0 Å². The minimum atomic E-state index is -0.733. The lowest BCUT2D eigenvalue weighted by molar-refractivity contribution is 0.311. The van der Waals surface area contributed by atoms with E-state index < -0.39 is 23.3 Å². The van der Waals surface area contributed by atoms with Crippen LogP contribution in [0.4, 0.5) is 17.6 Å². The summed E-state index contributed by atoms with van der Waals surface area (Å²) >= 11 is 0. The van der Waals surface area contributed by atoms with Gasteiger partial charge in [-0.05, 0) is 104 Å². The van der Waals surface area contributed by atoms with Crippen LogP contribution in [0.5, 0.6) is 0 Å². The van der Waals surface area contributed by atoms with E-state index in [1.165, 1.54) is 0 Å². The second-order valence-electron chi connectivity index (χ2n) is 10.2. The average Bonchev–Trinajstić information content (AvgIpc) is 2.84. The summed E-state index contributed by atoms with van der Waals surface area (Å²) in [5.41, 5.74) is 1.83. The molecule has 0 amide bonds. The van der Waals surface area contributed by atoms with E-state index >= 15 is 8.78 Å². The summed E-state index contributed by atoms with van der Waals surface area (Å²) in [5.74, 6) is -2.16. The molecular formula is C29H36F4. The molecule has 180 valence electrons. The zero-order valence-electron chi connectivity index (χ0n) is 19.9. The van der Waals surface area contributed by atoms with Crippen molar-refractivity contribution in [2.24, 2.45) is 5.92 Å². The number of benzene rings is 2. The second kappa shape index (κ2) is 10.6. The van der Waals surface area contributed by atoms with Crippen molar-refractivity contribution in [3.8, 4) is 0 Å². The highest BCUT2D eigenvalue weighted by atomic mass is 19.2. The molecule has 2 aromatic rings. The maximum absolute atomic E-state index is 15.1. The van der Waals surface area contributed by atoms with Crippen molar-refractivity contribution in [1.82, 2.24) is 0 Å². The van der Waals surface area contributed by atoms with Crippen molar-refractivity contribution in [2.75, 3.05) is 0 Å². The molecule has 2 fully saturated rings. The van der Waals surface area contributed by atoms with Gasteiger partial charge < -0.3 is 0 Å². The number of halogens is 4. The zero-order chi connectivity index (χ0) is 23.5. The Balaban J connectivity index is 1.44. The third kappa shape index (κ3) is 5.00. The fourth-order valence-corrected chi connectivity index (χ4v) is 6.19. The lowest BCUT2D eigenvalue weighted by Gasteiger charge is -2.31. The van der Waals surface area contributed by atoms with Crippen LogP contribution in [0.3, 0.4) is 0 Å². The molecule has 0 spiro atoms. The van der Waals surface area contributed by atoms with E-state index in [1.807, 2.05) is 6.92 Å². The maximum Gasteiger partial charge on any atom is 0.162 e. The molecule has 0 bridgehead atoms. The van der Waals surface area contributed by atoms with Crippen LogP contribution >= 0.6 is 0 Å². The Morgan fingerprint density at radius 3 is 1.39 bits per heavy atom. The van der Waals surface area contributed by atoms with Crippen LogP contribution in [0, 0.1) is 29.2 Å². The SMILES string of the molecule is CCCc1ccc(C2CCC(c3ccc(C4CCC(CC)CC4)c(F)c3F)CC2)c(F)c1F. The summed E-state index contributed by atoms with van der Waals surface area (Å²) < 4.78 is 59.3. The molecule has 2 aromatic carbocycles. The summed E-state index contributed by atoms with van der Waals surface area (Å²) in [6, 6.07) is 7.00. The summed E-state index contributed by atoms with van der Waals surface area (Å²) in [6.07, 6.45) is 9.09. The Labute approximate surface area is 195 Å². The van der Waals surface area contributed by atoms with Gasteiger partial charge in [-0.15, -0.1) is 0 Å². The summed E-state index contributed by atoms with van der Waals surface area (Å²) in [6.45, 7) is 4.14. The van der Waals surface area contributed by atoms with Gasteiger partial charge in [-0.3, -0.25) is 0 Å². The molecule has 0 atom stereocenters. The second-order valence-corrected chi connectivity index (χ2v) is 10.2. The van der Waals surface area contributed by atoms with Crippen molar-refractivity contribution < 1.29 is 17.6 Å². The fourth-order valence-electron chi connectivity index (χ4n) is 6.19. The van der Waals surface area contributed by atoms with Crippen LogP contribution in [-0.4, -0.2) is 0 Å². The van der Waals surface area contributed by atoms with Crippen LogP contribution in [0.1, 0.15) is 118 Å². The summed E-state index contributed by atoms with van der Waals surface area (Å²) in [7, 11) is 0. The molecule has 0 N–H and O–H groups in total.